The van der Waals surface area contributed by atoms with Gasteiger partial charge in [0.25, 0.3) is 0 Å². The van der Waals surface area contributed by atoms with E-state index in [1.54, 1.807) is 34.9 Å². The number of aromatic nitrogens is 1. The standard InChI is InChI=1S/C28H27F2N3O3/c29-22-11-7-20(8-12-22)27(21-9-13-23(30)14-10-21)32-18-16-31(17-19-32)26(34)6-3-15-33-24-4-1-2-5-25(24)36-28(33)35/h1-2,4-5,7-14,27H,3,6,15-19H2. The van der Waals surface area contributed by atoms with Crippen molar-refractivity contribution in [1.82, 2.24) is 14.4 Å². The van der Waals surface area contributed by atoms with Crippen LogP contribution in [0.4, 0.5) is 8.78 Å². The van der Waals surface area contributed by atoms with Crippen molar-refractivity contribution in [2.45, 2.75) is 25.4 Å². The second-order valence-corrected chi connectivity index (χ2v) is 9.01. The predicted octanol–water partition coefficient (Wildman–Crippen LogP) is 4.59. The molecule has 8 heteroatoms. The summed E-state index contributed by atoms with van der Waals surface area (Å²) >= 11 is 0. The van der Waals surface area contributed by atoms with E-state index in [0.717, 1.165) is 16.6 Å². The Morgan fingerprint density at radius 1 is 0.833 bits per heavy atom. The van der Waals surface area contributed by atoms with Crippen LogP contribution in [0.1, 0.15) is 30.0 Å². The molecular formula is C28H27F2N3O3. The topological polar surface area (TPSA) is 58.7 Å². The second-order valence-electron chi connectivity index (χ2n) is 9.01. The van der Waals surface area contributed by atoms with E-state index in [1.807, 2.05) is 23.1 Å². The predicted molar refractivity (Wildman–Crippen MR) is 133 cm³/mol. The Morgan fingerprint density at radius 3 is 2.03 bits per heavy atom. The number of piperazine rings is 1. The lowest BCUT2D eigenvalue weighted by Gasteiger charge is -2.40. The van der Waals surface area contributed by atoms with E-state index in [2.05, 4.69) is 4.90 Å². The number of para-hydroxylation sites is 2. The van der Waals surface area contributed by atoms with Gasteiger partial charge in [0.15, 0.2) is 5.58 Å². The molecule has 36 heavy (non-hydrogen) atoms. The van der Waals surface area contributed by atoms with Crippen LogP contribution < -0.4 is 5.76 Å². The Bertz CT molecular complexity index is 1340. The zero-order valence-corrected chi connectivity index (χ0v) is 19.8. The van der Waals surface area contributed by atoms with Crippen molar-refractivity contribution in [1.29, 1.82) is 0 Å². The van der Waals surface area contributed by atoms with Gasteiger partial charge in [-0.3, -0.25) is 14.3 Å². The summed E-state index contributed by atoms with van der Waals surface area (Å²) in [4.78, 5) is 29.1. The number of aryl methyl sites for hydroxylation is 1. The molecule has 0 saturated carbocycles. The van der Waals surface area contributed by atoms with Gasteiger partial charge in [0, 0.05) is 39.1 Å². The Labute approximate surface area is 207 Å². The zero-order valence-electron chi connectivity index (χ0n) is 19.8. The van der Waals surface area contributed by atoms with Crippen molar-refractivity contribution in [3.05, 3.63) is 106 Å². The van der Waals surface area contributed by atoms with Crippen molar-refractivity contribution >= 4 is 17.0 Å². The molecule has 1 saturated heterocycles. The summed E-state index contributed by atoms with van der Waals surface area (Å²) in [5, 5.41) is 0. The fourth-order valence-electron chi connectivity index (χ4n) is 4.91. The SMILES string of the molecule is O=C(CCCn1c(=O)oc2ccccc21)N1CCN(C(c2ccc(F)cc2)c2ccc(F)cc2)CC1. The van der Waals surface area contributed by atoms with Crippen LogP contribution in [0.5, 0.6) is 0 Å². The molecule has 1 aromatic heterocycles. The highest BCUT2D eigenvalue weighted by Crippen LogP contribution is 2.30. The Morgan fingerprint density at radius 2 is 1.42 bits per heavy atom. The van der Waals surface area contributed by atoms with Gasteiger partial charge in [-0.05, 0) is 53.9 Å². The number of rotatable bonds is 7. The summed E-state index contributed by atoms with van der Waals surface area (Å²) in [7, 11) is 0. The number of halogens is 2. The van der Waals surface area contributed by atoms with Gasteiger partial charge in [-0.1, -0.05) is 36.4 Å². The van der Waals surface area contributed by atoms with Crippen molar-refractivity contribution < 1.29 is 18.0 Å². The number of fused-ring (bicyclic) bond motifs is 1. The Kier molecular flexibility index (Phi) is 6.95. The summed E-state index contributed by atoms with van der Waals surface area (Å²) < 4.78 is 33.9. The molecule has 0 bridgehead atoms. The first-order valence-electron chi connectivity index (χ1n) is 12.1. The van der Waals surface area contributed by atoms with Crippen LogP contribution in [0, 0.1) is 11.6 Å². The first-order chi connectivity index (χ1) is 17.5. The van der Waals surface area contributed by atoms with Gasteiger partial charge in [0.05, 0.1) is 11.6 Å². The van der Waals surface area contributed by atoms with Gasteiger partial charge in [-0.25, -0.2) is 13.6 Å². The third-order valence-corrected chi connectivity index (χ3v) is 6.75. The average molecular weight is 492 g/mol. The average Bonchev–Trinajstić information content (AvgIpc) is 3.21. The highest BCUT2D eigenvalue weighted by atomic mass is 19.1. The molecule has 1 amide bonds. The molecule has 6 nitrogen and oxygen atoms in total. The van der Waals surface area contributed by atoms with E-state index in [1.165, 1.54) is 24.3 Å². The summed E-state index contributed by atoms with van der Waals surface area (Å²) in [6, 6.07) is 19.8. The molecule has 5 rings (SSSR count). The van der Waals surface area contributed by atoms with E-state index >= 15 is 0 Å². The highest BCUT2D eigenvalue weighted by molar-refractivity contribution is 5.76. The number of carbonyl (C=O) groups is 1. The Balaban J connectivity index is 1.21. The molecule has 1 aliphatic heterocycles. The van der Waals surface area contributed by atoms with Crippen molar-refractivity contribution in [3.8, 4) is 0 Å². The molecule has 186 valence electrons. The number of hydrogen-bond donors (Lipinski definition) is 0. The van der Waals surface area contributed by atoms with Crippen molar-refractivity contribution in [2.24, 2.45) is 0 Å². The lowest BCUT2D eigenvalue weighted by Crippen LogP contribution is -2.49. The number of oxazole rings is 1. The molecule has 0 spiro atoms. The number of carbonyl (C=O) groups excluding carboxylic acids is 1. The van der Waals surface area contributed by atoms with Gasteiger partial charge in [-0.2, -0.15) is 0 Å². The first-order valence-corrected chi connectivity index (χ1v) is 12.1. The second kappa shape index (κ2) is 10.5. The molecule has 1 aliphatic rings. The third-order valence-electron chi connectivity index (χ3n) is 6.75. The molecule has 2 heterocycles. The molecular weight excluding hydrogens is 464 g/mol. The number of hydrogen-bond acceptors (Lipinski definition) is 4. The number of nitrogens with zero attached hydrogens (tertiary/aromatic N) is 3. The molecule has 0 unspecified atom stereocenters. The maximum absolute atomic E-state index is 13.5. The quantitative estimate of drug-likeness (QED) is 0.380. The van der Waals surface area contributed by atoms with Crippen LogP contribution in [-0.4, -0.2) is 46.5 Å². The van der Waals surface area contributed by atoms with Crippen molar-refractivity contribution in [3.63, 3.8) is 0 Å². The summed E-state index contributed by atoms with van der Waals surface area (Å²) in [6.07, 6.45) is 0.877. The molecule has 4 aromatic rings. The fraction of sp³-hybridized carbons (Fsp3) is 0.286. The monoisotopic (exact) mass is 491 g/mol. The van der Waals surface area contributed by atoms with Crippen molar-refractivity contribution in [2.75, 3.05) is 26.2 Å². The van der Waals surface area contributed by atoms with E-state index in [-0.39, 0.29) is 23.6 Å². The van der Waals surface area contributed by atoms with Gasteiger partial charge < -0.3 is 9.32 Å². The first kappa shape index (κ1) is 23.9. The van der Waals surface area contributed by atoms with E-state index in [4.69, 9.17) is 4.42 Å². The lowest BCUT2D eigenvalue weighted by molar-refractivity contribution is -0.133. The van der Waals surface area contributed by atoms with Crippen LogP contribution in [0.25, 0.3) is 11.1 Å². The smallest absolute Gasteiger partial charge is 0.408 e. The minimum absolute atomic E-state index is 0.0515. The van der Waals surface area contributed by atoms with Gasteiger partial charge in [0.2, 0.25) is 5.91 Å². The van der Waals surface area contributed by atoms with Crippen LogP contribution >= 0.6 is 0 Å². The maximum Gasteiger partial charge on any atom is 0.419 e. The third kappa shape index (κ3) is 5.09. The summed E-state index contributed by atoms with van der Waals surface area (Å²) in [6.45, 7) is 2.81. The molecule has 1 fully saturated rings. The minimum Gasteiger partial charge on any atom is -0.408 e. The molecule has 0 N–H and O–H groups in total. The van der Waals surface area contributed by atoms with E-state index in [0.29, 0.717) is 51.1 Å². The van der Waals surface area contributed by atoms with Gasteiger partial charge in [-0.15, -0.1) is 0 Å². The van der Waals surface area contributed by atoms with E-state index in [9.17, 15) is 18.4 Å². The largest absolute Gasteiger partial charge is 0.419 e. The summed E-state index contributed by atoms with van der Waals surface area (Å²) in [5.41, 5.74) is 3.11. The van der Waals surface area contributed by atoms with Crippen LogP contribution in [0.2, 0.25) is 0 Å². The van der Waals surface area contributed by atoms with Crippen LogP contribution in [0.3, 0.4) is 0 Å². The number of benzene rings is 3. The Hall–Kier alpha value is -3.78. The molecule has 0 atom stereocenters. The van der Waals surface area contributed by atoms with Crippen LogP contribution in [-0.2, 0) is 11.3 Å². The van der Waals surface area contributed by atoms with E-state index < -0.39 is 5.76 Å². The van der Waals surface area contributed by atoms with Gasteiger partial charge in [0.1, 0.15) is 11.6 Å². The molecule has 3 aromatic carbocycles. The number of amides is 1. The minimum atomic E-state index is -0.412. The molecule has 0 aliphatic carbocycles. The molecule has 0 radical (unpaired) electrons. The van der Waals surface area contributed by atoms with Gasteiger partial charge >= 0.3 is 5.76 Å². The zero-order chi connectivity index (χ0) is 25.1. The summed E-state index contributed by atoms with van der Waals surface area (Å²) in [5.74, 6) is -0.976. The van der Waals surface area contributed by atoms with Crippen LogP contribution in [0.15, 0.2) is 82.0 Å². The highest BCUT2D eigenvalue weighted by Gasteiger charge is 2.28. The fourth-order valence-corrected chi connectivity index (χ4v) is 4.91. The normalized spacial score (nSPS) is 14.6. The lowest BCUT2D eigenvalue weighted by atomic mass is 9.96. The maximum atomic E-state index is 13.5.